The number of nitrogens with zero attached hydrogens (tertiary/aromatic N) is 2. The second-order valence-electron chi connectivity index (χ2n) is 6.42. The zero-order valence-electron chi connectivity index (χ0n) is 15.2. The van der Waals surface area contributed by atoms with Crippen LogP contribution in [0.15, 0.2) is 41.0 Å². The van der Waals surface area contributed by atoms with E-state index in [0.29, 0.717) is 37.4 Å². The second-order valence-corrected chi connectivity index (χ2v) is 6.42. The molecule has 1 aliphatic heterocycles. The summed E-state index contributed by atoms with van der Waals surface area (Å²) in [5.41, 5.74) is 0.373. The van der Waals surface area contributed by atoms with Gasteiger partial charge in [-0.1, -0.05) is 6.07 Å². The summed E-state index contributed by atoms with van der Waals surface area (Å²) < 4.78 is 48.6. The molecule has 6 nitrogen and oxygen atoms in total. The summed E-state index contributed by atoms with van der Waals surface area (Å²) in [4.78, 5) is 27.4. The number of halogens is 3. The van der Waals surface area contributed by atoms with E-state index in [1.807, 2.05) is 0 Å². The number of benzene rings is 1. The third kappa shape index (κ3) is 4.47. The Balaban J connectivity index is 1.52. The zero-order chi connectivity index (χ0) is 20.3. The molecule has 0 spiro atoms. The number of furan rings is 1. The molecule has 1 saturated heterocycles. The van der Waals surface area contributed by atoms with E-state index in [-0.39, 0.29) is 11.7 Å². The molecule has 150 valence electrons. The van der Waals surface area contributed by atoms with Gasteiger partial charge >= 0.3 is 12.1 Å². The Labute approximate surface area is 159 Å². The zero-order valence-corrected chi connectivity index (χ0v) is 15.2. The van der Waals surface area contributed by atoms with Gasteiger partial charge in [0.2, 0.25) is 5.76 Å². The lowest BCUT2D eigenvalue weighted by Gasteiger charge is -2.36. The molecule has 2 aromatic rings. The molecular weight excluding hydrogens is 377 g/mol. The number of rotatable bonds is 4. The number of piperazine rings is 1. The number of carbonyl (C=O) groups excluding carboxylic acids is 2. The predicted molar refractivity (Wildman–Crippen MR) is 94.0 cm³/mol. The van der Waals surface area contributed by atoms with Crippen molar-refractivity contribution in [1.29, 1.82) is 0 Å². The van der Waals surface area contributed by atoms with Crippen LogP contribution in [0.3, 0.4) is 0 Å². The van der Waals surface area contributed by atoms with Crippen LogP contribution in [-0.2, 0) is 15.7 Å². The number of ether oxygens (including phenoxy) is 1. The number of amides is 1. The molecule has 9 heteroatoms. The lowest BCUT2D eigenvalue weighted by Crippen LogP contribution is -2.50. The van der Waals surface area contributed by atoms with Crippen LogP contribution < -0.4 is 4.90 Å². The minimum Gasteiger partial charge on any atom is -0.457 e. The molecule has 1 aromatic heterocycles. The van der Waals surface area contributed by atoms with Crippen molar-refractivity contribution >= 4 is 17.6 Å². The van der Waals surface area contributed by atoms with E-state index < -0.39 is 24.3 Å². The van der Waals surface area contributed by atoms with Crippen LogP contribution in [0.1, 0.15) is 21.7 Å². The van der Waals surface area contributed by atoms with Crippen molar-refractivity contribution in [2.45, 2.75) is 13.1 Å². The topological polar surface area (TPSA) is 63.0 Å². The Hall–Kier alpha value is -2.97. The lowest BCUT2D eigenvalue weighted by molar-refractivity contribution is -0.137. The number of hydrogen-bond donors (Lipinski definition) is 0. The van der Waals surface area contributed by atoms with Gasteiger partial charge in [0, 0.05) is 37.4 Å². The maximum Gasteiger partial charge on any atom is 0.416 e. The Bertz CT molecular complexity index is 855. The largest absolute Gasteiger partial charge is 0.457 e. The first-order valence-corrected chi connectivity index (χ1v) is 8.67. The first kappa shape index (κ1) is 19.8. The lowest BCUT2D eigenvalue weighted by atomic mass is 10.1. The van der Waals surface area contributed by atoms with Crippen LogP contribution >= 0.6 is 0 Å². The van der Waals surface area contributed by atoms with Crippen LogP contribution in [-0.4, -0.2) is 49.6 Å². The number of hydrogen-bond acceptors (Lipinski definition) is 5. The molecule has 0 aliphatic carbocycles. The van der Waals surface area contributed by atoms with Crippen molar-refractivity contribution in [2.75, 3.05) is 37.7 Å². The number of alkyl halides is 3. The average molecular weight is 396 g/mol. The third-order valence-corrected chi connectivity index (χ3v) is 4.55. The molecule has 2 heterocycles. The van der Waals surface area contributed by atoms with Crippen LogP contribution in [0, 0.1) is 6.92 Å². The fourth-order valence-electron chi connectivity index (χ4n) is 2.96. The molecule has 1 fully saturated rings. The van der Waals surface area contributed by atoms with E-state index in [4.69, 9.17) is 9.15 Å². The molecule has 3 rings (SSSR count). The average Bonchev–Trinajstić information content (AvgIpc) is 3.11. The van der Waals surface area contributed by atoms with Crippen molar-refractivity contribution in [3.8, 4) is 0 Å². The Morgan fingerprint density at radius 3 is 2.46 bits per heavy atom. The smallest absolute Gasteiger partial charge is 0.416 e. The molecule has 1 amide bonds. The monoisotopic (exact) mass is 396 g/mol. The van der Waals surface area contributed by atoms with E-state index in [1.54, 1.807) is 24.0 Å². The van der Waals surface area contributed by atoms with Crippen molar-refractivity contribution in [2.24, 2.45) is 0 Å². The highest BCUT2D eigenvalue weighted by atomic mass is 19.4. The Morgan fingerprint density at radius 2 is 1.86 bits per heavy atom. The highest BCUT2D eigenvalue weighted by Crippen LogP contribution is 2.31. The summed E-state index contributed by atoms with van der Waals surface area (Å²) in [7, 11) is 0. The molecule has 28 heavy (non-hydrogen) atoms. The van der Waals surface area contributed by atoms with Crippen molar-refractivity contribution in [1.82, 2.24) is 4.90 Å². The second kappa shape index (κ2) is 7.95. The molecular formula is C19H19F3N2O4. The first-order valence-electron chi connectivity index (χ1n) is 8.67. The maximum atomic E-state index is 12.9. The van der Waals surface area contributed by atoms with Gasteiger partial charge < -0.3 is 19.0 Å². The van der Waals surface area contributed by atoms with Crippen molar-refractivity contribution < 1.29 is 31.9 Å². The fourth-order valence-corrected chi connectivity index (χ4v) is 2.96. The van der Waals surface area contributed by atoms with Gasteiger partial charge in [0.1, 0.15) is 0 Å². The van der Waals surface area contributed by atoms with E-state index in [9.17, 15) is 22.8 Å². The van der Waals surface area contributed by atoms with E-state index in [1.165, 1.54) is 17.2 Å². The number of carbonyl (C=O) groups is 2. The van der Waals surface area contributed by atoms with Crippen LogP contribution in [0.2, 0.25) is 0 Å². The molecule has 0 bridgehead atoms. The van der Waals surface area contributed by atoms with Crippen molar-refractivity contribution in [3.63, 3.8) is 0 Å². The molecule has 1 aromatic carbocycles. The number of esters is 1. The standard InChI is InChI=1S/C19H19F3N2O4/c1-13-5-10-27-17(13)18(26)28-12-16(25)24-8-6-23(7-9-24)15-4-2-3-14(11-15)19(20,21)22/h2-5,10-11H,6-9,12H2,1H3. The normalized spacial score (nSPS) is 14.9. The minimum absolute atomic E-state index is 0.0576. The highest BCUT2D eigenvalue weighted by Gasteiger charge is 2.31. The van der Waals surface area contributed by atoms with Crippen LogP contribution in [0.25, 0.3) is 0 Å². The van der Waals surface area contributed by atoms with Gasteiger partial charge in [-0.05, 0) is 31.2 Å². The van der Waals surface area contributed by atoms with Gasteiger partial charge in [-0.2, -0.15) is 13.2 Å². The van der Waals surface area contributed by atoms with Crippen LogP contribution in [0.4, 0.5) is 18.9 Å². The van der Waals surface area contributed by atoms with Crippen molar-refractivity contribution in [3.05, 3.63) is 53.5 Å². The van der Waals surface area contributed by atoms with Gasteiger partial charge in [-0.15, -0.1) is 0 Å². The van der Waals surface area contributed by atoms with Gasteiger partial charge in [0.05, 0.1) is 11.8 Å². The van der Waals surface area contributed by atoms with Gasteiger partial charge in [-0.3, -0.25) is 4.79 Å². The predicted octanol–water partition coefficient (Wildman–Crippen LogP) is 3.11. The summed E-state index contributed by atoms with van der Waals surface area (Å²) in [6, 6.07) is 6.72. The maximum absolute atomic E-state index is 12.9. The SMILES string of the molecule is Cc1ccoc1C(=O)OCC(=O)N1CCN(c2cccc(C(F)(F)F)c2)CC1. The summed E-state index contributed by atoms with van der Waals surface area (Å²) >= 11 is 0. The van der Waals surface area contributed by atoms with E-state index in [0.717, 1.165) is 12.1 Å². The minimum atomic E-state index is -4.40. The molecule has 0 unspecified atom stereocenters. The molecule has 0 atom stereocenters. The highest BCUT2D eigenvalue weighted by molar-refractivity contribution is 5.90. The molecule has 1 aliphatic rings. The Kier molecular flexibility index (Phi) is 5.62. The molecule has 0 N–H and O–H groups in total. The van der Waals surface area contributed by atoms with Gasteiger partial charge in [-0.25, -0.2) is 4.79 Å². The Morgan fingerprint density at radius 1 is 1.14 bits per heavy atom. The molecule has 0 saturated carbocycles. The summed E-state index contributed by atoms with van der Waals surface area (Å²) in [5.74, 6) is -1.01. The van der Waals surface area contributed by atoms with E-state index >= 15 is 0 Å². The quantitative estimate of drug-likeness (QED) is 0.744. The van der Waals surface area contributed by atoms with Gasteiger partial charge in [0.25, 0.3) is 5.91 Å². The van der Waals surface area contributed by atoms with Gasteiger partial charge in [0.15, 0.2) is 6.61 Å². The summed E-state index contributed by atoms with van der Waals surface area (Å²) in [6.45, 7) is 2.70. The summed E-state index contributed by atoms with van der Waals surface area (Å²) in [6.07, 6.45) is -3.04. The molecule has 0 radical (unpaired) electrons. The number of anilines is 1. The fraction of sp³-hybridized carbons (Fsp3) is 0.368. The number of aryl methyl sites for hydroxylation is 1. The van der Waals surface area contributed by atoms with Crippen LogP contribution in [0.5, 0.6) is 0 Å². The van der Waals surface area contributed by atoms with E-state index in [2.05, 4.69) is 0 Å². The first-order chi connectivity index (χ1) is 13.3. The summed E-state index contributed by atoms with van der Waals surface area (Å²) in [5, 5.41) is 0. The third-order valence-electron chi connectivity index (χ3n) is 4.55.